The van der Waals surface area contributed by atoms with Gasteiger partial charge in [0.2, 0.25) is 0 Å². The first-order chi connectivity index (χ1) is 6.88. The predicted molar refractivity (Wildman–Crippen MR) is 53.4 cm³/mol. The highest BCUT2D eigenvalue weighted by Gasteiger charge is 2.21. The van der Waals surface area contributed by atoms with Crippen LogP contribution in [0.25, 0.3) is 0 Å². The van der Waals surface area contributed by atoms with Gasteiger partial charge in [-0.25, -0.2) is 0 Å². The molecule has 0 aliphatic rings. The fraction of sp³-hybridized carbons (Fsp3) is 0.333. The maximum absolute atomic E-state index is 11.1. The van der Waals surface area contributed by atoms with E-state index in [4.69, 9.17) is 9.29 Å². The van der Waals surface area contributed by atoms with E-state index in [1.807, 2.05) is 0 Å². The van der Waals surface area contributed by atoms with E-state index in [2.05, 4.69) is 0 Å². The van der Waals surface area contributed by atoms with Crippen LogP contribution in [0, 0.1) is 6.92 Å². The molecule has 0 radical (unpaired) electrons. The maximum atomic E-state index is 11.1. The standard InChI is InChI=1S/C9H12O5S/c1-6-3-4-8(10)7(5-14-2)9(6)15(11,12)13/h3-4,10H,5H2,1-2H3,(H,11,12,13). The molecule has 0 saturated carbocycles. The van der Waals surface area contributed by atoms with Crippen molar-refractivity contribution in [1.29, 1.82) is 0 Å². The van der Waals surface area contributed by atoms with E-state index in [9.17, 15) is 13.5 Å². The second-order valence-corrected chi connectivity index (χ2v) is 4.48. The quantitative estimate of drug-likeness (QED) is 0.762. The van der Waals surface area contributed by atoms with Gasteiger partial charge in [-0.1, -0.05) is 6.07 Å². The molecule has 0 bridgehead atoms. The summed E-state index contributed by atoms with van der Waals surface area (Å²) in [5.41, 5.74) is 0.433. The van der Waals surface area contributed by atoms with Crippen LogP contribution in [0.3, 0.4) is 0 Å². The molecule has 84 valence electrons. The average molecular weight is 232 g/mol. The van der Waals surface area contributed by atoms with Gasteiger partial charge in [0.1, 0.15) is 10.6 Å². The lowest BCUT2D eigenvalue weighted by Gasteiger charge is -2.10. The van der Waals surface area contributed by atoms with Crippen LogP contribution in [0.4, 0.5) is 0 Å². The van der Waals surface area contributed by atoms with Crippen LogP contribution in [-0.4, -0.2) is 25.2 Å². The Kier molecular flexibility index (Phi) is 3.33. The number of hydrogen-bond acceptors (Lipinski definition) is 4. The lowest BCUT2D eigenvalue weighted by Crippen LogP contribution is -2.06. The minimum atomic E-state index is -4.35. The van der Waals surface area contributed by atoms with Gasteiger partial charge in [-0.2, -0.15) is 8.42 Å². The van der Waals surface area contributed by atoms with E-state index in [-0.39, 0.29) is 22.8 Å². The molecule has 0 amide bonds. The first-order valence-electron chi connectivity index (χ1n) is 4.15. The SMILES string of the molecule is COCc1c(O)ccc(C)c1S(=O)(=O)O. The summed E-state index contributed by atoms with van der Waals surface area (Å²) < 4.78 is 36.0. The molecule has 0 aromatic heterocycles. The Hall–Kier alpha value is -1.11. The van der Waals surface area contributed by atoms with E-state index in [1.165, 1.54) is 26.2 Å². The molecule has 15 heavy (non-hydrogen) atoms. The molecule has 0 spiro atoms. The molecule has 2 N–H and O–H groups in total. The topological polar surface area (TPSA) is 83.8 Å². The zero-order valence-corrected chi connectivity index (χ0v) is 9.21. The highest BCUT2D eigenvalue weighted by molar-refractivity contribution is 7.86. The molecule has 1 aromatic rings. The summed E-state index contributed by atoms with van der Waals surface area (Å²) in [5, 5.41) is 9.45. The van der Waals surface area contributed by atoms with E-state index in [1.54, 1.807) is 0 Å². The molecule has 1 rings (SSSR count). The Morgan fingerprint density at radius 3 is 2.47 bits per heavy atom. The minimum absolute atomic E-state index is 0.0694. The molecule has 5 nitrogen and oxygen atoms in total. The Morgan fingerprint density at radius 2 is 2.00 bits per heavy atom. The molecule has 0 atom stereocenters. The fourth-order valence-electron chi connectivity index (χ4n) is 1.38. The average Bonchev–Trinajstić information content (AvgIpc) is 2.09. The predicted octanol–water partition coefficient (Wildman–Crippen LogP) is 1.09. The molecule has 0 aliphatic carbocycles. The minimum Gasteiger partial charge on any atom is -0.508 e. The van der Waals surface area contributed by atoms with Crippen molar-refractivity contribution < 1.29 is 22.8 Å². The van der Waals surface area contributed by atoms with E-state index in [0.29, 0.717) is 5.56 Å². The number of ether oxygens (including phenoxy) is 1. The van der Waals surface area contributed by atoms with Gasteiger partial charge in [-0.3, -0.25) is 4.55 Å². The third kappa shape index (κ3) is 2.47. The number of methoxy groups -OCH3 is 1. The Morgan fingerprint density at radius 1 is 1.40 bits per heavy atom. The Labute approximate surface area is 88.1 Å². The van der Waals surface area contributed by atoms with Crippen molar-refractivity contribution in [2.75, 3.05) is 7.11 Å². The number of phenols is 1. The van der Waals surface area contributed by atoms with Crippen LogP contribution in [0.2, 0.25) is 0 Å². The van der Waals surface area contributed by atoms with Crippen LogP contribution < -0.4 is 0 Å². The van der Waals surface area contributed by atoms with E-state index in [0.717, 1.165) is 0 Å². The van der Waals surface area contributed by atoms with Crippen LogP contribution in [0.1, 0.15) is 11.1 Å². The third-order valence-electron chi connectivity index (χ3n) is 1.98. The molecular weight excluding hydrogens is 220 g/mol. The van der Waals surface area contributed by atoms with Gasteiger partial charge in [0, 0.05) is 12.7 Å². The van der Waals surface area contributed by atoms with Gasteiger partial charge in [-0.05, 0) is 18.6 Å². The lowest BCUT2D eigenvalue weighted by molar-refractivity contribution is 0.179. The summed E-state index contributed by atoms with van der Waals surface area (Å²) in [6, 6.07) is 2.77. The van der Waals surface area contributed by atoms with Gasteiger partial charge in [0.15, 0.2) is 0 Å². The summed E-state index contributed by atoms with van der Waals surface area (Å²) in [6.07, 6.45) is 0. The van der Waals surface area contributed by atoms with Crippen molar-refractivity contribution in [2.45, 2.75) is 18.4 Å². The van der Waals surface area contributed by atoms with Crippen molar-refractivity contribution in [3.63, 3.8) is 0 Å². The highest BCUT2D eigenvalue weighted by atomic mass is 32.2. The maximum Gasteiger partial charge on any atom is 0.295 e. The summed E-state index contributed by atoms with van der Waals surface area (Å²) in [4.78, 5) is -0.288. The van der Waals surface area contributed by atoms with Crippen molar-refractivity contribution in [3.8, 4) is 5.75 Å². The van der Waals surface area contributed by atoms with Gasteiger partial charge >= 0.3 is 0 Å². The molecular formula is C9H12O5S. The van der Waals surface area contributed by atoms with E-state index < -0.39 is 10.1 Å². The Bertz CT molecular complexity index is 464. The van der Waals surface area contributed by atoms with Gasteiger partial charge < -0.3 is 9.84 Å². The first-order valence-corrected chi connectivity index (χ1v) is 5.59. The number of phenolic OH excluding ortho intramolecular Hbond substituents is 1. The largest absolute Gasteiger partial charge is 0.508 e. The molecule has 6 heteroatoms. The molecule has 0 heterocycles. The molecule has 0 fully saturated rings. The van der Waals surface area contributed by atoms with E-state index >= 15 is 0 Å². The molecule has 0 unspecified atom stereocenters. The van der Waals surface area contributed by atoms with Crippen molar-refractivity contribution in [1.82, 2.24) is 0 Å². The monoisotopic (exact) mass is 232 g/mol. The summed E-state index contributed by atoms with van der Waals surface area (Å²) >= 11 is 0. The summed E-state index contributed by atoms with van der Waals surface area (Å²) in [7, 11) is -2.98. The van der Waals surface area contributed by atoms with Gasteiger partial charge in [-0.15, -0.1) is 0 Å². The lowest BCUT2D eigenvalue weighted by atomic mass is 10.1. The number of hydrogen-bond donors (Lipinski definition) is 2. The number of aromatic hydroxyl groups is 1. The fourth-order valence-corrected chi connectivity index (χ4v) is 2.33. The molecule has 0 aliphatic heterocycles. The summed E-state index contributed by atoms with van der Waals surface area (Å²) in [5.74, 6) is -0.213. The number of aryl methyl sites for hydroxylation is 1. The zero-order valence-electron chi connectivity index (χ0n) is 8.39. The third-order valence-corrected chi connectivity index (χ3v) is 3.06. The van der Waals surface area contributed by atoms with Crippen LogP contribution in [0.15, 0.2) is 17.0 Å². The van der Waals surface area contributed by atoms with Crippen LogP contribution in [0.5, 0.6) is 5.75 Å². The van der Waals surface area contributed by atoms with Crippen LogP contribution >= 0.6 is 0 Å². The Balaban J connectivity index is 3.53. The van der Waals surface area contributed by atoms with Crippen LogP contribution in [-0.2, 0) is 21.5 Å². The first kappa shape index (κ1) is 12.0. The number of rotatable bonds is 3. The normalized spacial score (nSPS) is 11.7. The van der Waals surface area contributed by atoms with Gasteiger partial charge in [0.25, 0.3) is 10.1 Å². The number of benzene rings is 1. The summed E-state index contributed by atoms with van der Waals surface area (Å²) in [6.45, 7) is 1.45. The highest BCUT2D eigenvalue weighted by Crippen LogP contribution is 2.28. The smallest absolute Gasteiger partial charge is 0.295 e. The van der Waals surface area contributed by atoms with Crippen molar-refractivity contribution in [3.05, 3.63) is 23.3 Å². The second-order valence-electron chi connectivity index (χ2n) is 3.12. The molecule has 1 aromatic carbocycles. The van der Waals surface area contributed by atoms with Crippen molar-refractivity contribution >= 4 is 10.1 Å². The van der Waals surface area contributed by atoms with Gasteiger partial charge in [0.05, 0.1) is 6.61 Å². The zero-order chi connectivity index (χ0) is 11.6. The second kappa shape index (κ2) is 4.18. The van der Waals surface area contributed by atoms with Crippen molar-refractivity contribution in [2.24, 2.45) is 0 Å². The molecule has 0 saturated heterocycles.